The van der Waals surface area contributed by atoms with Crippen LogP contribution in [0.25, 0.3) is 22.2 Å². The molecule has 57 heavy (non-hydrogen) atoms. The lowest BCUT2D eigenvalue weighted by Crippen LogP contribution is -2.45. The van der Waals surface area contributed by atoms with Crippen molar-refractivity contribution in [3.05, 3.63) is 192 Å². The van der Waals surface area contributed by atoms with Crippen LogP contribution in [0.1, 0.15) is 72.1 Å². The molecule has 0 saturated carbocycles. The molecule has 1 aliphatic heterocycles. The third kappa shape index (κ3) is 7.47. The Balaban J connectivity index is 1.26. The van der Waals surface area contributed by atoms with Gasteiger partial charge in [-0.25, -0.2) is 13.9 Å². The van der Waals surface area contributed by atoms with Gasteiger partial charge in [-0.1, -0.05) is 103 Å². The molecule has 1 amide bonds. The van der Waals surface area contributed by atoms with Crippen LogP contribution in [0.15, 0.2) is 158 Å². The molecule has 0 aliphatic carbocycles. The van der Waals surface area contributed by atoms with Crippen molar-refractivity contribution in [2.45, 2.75) is 50.7 Å². The zero-order valence-corrected chi connectivity index (χ0v) is 32.4. The lowest BCUT2D eigenvalue weighted by molar-refractivity contribution is 0.0138. The smallest absolute Gasteiger partial charge is 0.410 e. The summed E-state index contributed by atoms with van der Waals surface area (Å²) in [5.41, 5.74) is 5.35. The second-order valence-electron chi connectivity index (χ2n) is 15.8. The second kappa shape index (κ2) is 15.6. The van der Waals surface area contributed by atoms with Gasteiger partial charge in [-0.15, -0.1) is 0 Å². The normalized spacial score (nSPS) is 16.0. The van der Waals surface area contributed by atoms with Crippen molar-refractivity contribution in [2.24, 2.45) is 5.92 Å². The van der Waals surface area contributed by atoms with E-state index in [0.717, 1.165) is 44.4 Å². The van der Waals surface area contributed by atoms with Gasteiger partial charge in [-0.05, 0) is 104 Å². The number of fused-ring (bicyclic) bond motifs is 1. The maximum atomic E-state index is 14.6. The van der Waals surface area contributed by atoms with E-state index in [-0.39, 0.29) is 29.9 Å². The van der Waals surface area contributed by atoms with Crippen molar-refractivity contribution >= 4 is 22.8 Å². The zero-order valence-electron chi connectivity index (χ0n) is 32.4. The Hall–Kier alpha value is -6.41. The molecular weight excluding hydrogens is 712 g/mol. The molecule has 2 atom stereocenters. The van der Waals surface area contributed by atoms with Crippen molar-refractivity contribution in [1.82, 2.24) is 19.7 Å². The summed E-state index contributed by atoms with van der Waals surface area (Å²) < 4.78 is 22.4. The predicted octanol–water partition coefficient (Wildman–Crippen LogP) is 10.7. The highest BCUT2D eigenvalue weighted by molar-refractivity contribution is 6.03. The number of halogens is 1. The number of benzene rings is 5. The van der Waals surface area contributed by atoms with E-state index in [4.69, 9.17) is 9.84 Å². The molecule has 5 aromatic carbocycles. The van der Waals surface area contributed by atoms with Crippen LogP contribution < -0.4 is 0 Å². The number of pyridine rings is 1. The first-order valence-electron chi connectivity index (χ1n) is 19.5. The first-order chi connectivity index (χ1) is 27.6. The average Bonchev–Trinajstić information content (AvgIpc) is 3.61. The molecule has 3 heterocycles. The minimum absolute atomic E-state index is 0.0665. The van der Waals surface area contributed by atoms with Gasteiger partial charge in [0.25, 0.3) is 0 Å². The number of ketones is 1. The van der Waals surface area contributed by atoms with Gasteiger partial charge < -0.3 is 9.64 Å². The number of hydrogen-bond acceptors (Lipinski definition) is 5. The summed E-state index contributed by atoms with van der Waals surface area (Å²) in [6, 6.07) is 47.5. The molecule has 8 heteroatoms. The number of piperidine rings is 1. The van der Waals surface area contributed by atoms with Crippen molar-refractivity contribution in [3.8, 4) is 11.3 Å². The summed E-state index contributed by atoms with van der Waals surface area (Å²) in [6.07, 6.45) is 3.83. The first kappa shape index (κ1) is 37.5. The summed E-state index contributed by atoms with van der Waals surface area (Å²) in [4.78, 5) is 33.8. The van der Waals surface area contributed by atoms with Crippen molar-refractivity contribution in [1.29, 1.82) is 0 Å². The minimum Gasteiger partial charge on any atom is -0.444 e. The fraction of sp³-hybridized carbons (Fsp3) is 0.224. The number of rotatable bonds is 9. The molecule has 1 saturated heterocycles. The van der Waals surface area contributed by atoms with E-state index in [1.165, 1.54) is 6.07 Å². The van der Waals surface area contributed by atoms with Crippen LogP contribution in [0.4, 0.5) is 9.18 Å². The highest BCUT2D eigenvalue weighted by atomic mass is 19.1. The molecule has 0 N–H and O–H groups in total. The summed E-state index contributed by atoms with van der Waals surface area (Å²) in [5.74, 6) is -0.773. The van der Waals surface area contributed by atoms with Crippen molar-refractivity contribution in [3.63, 3.8) is 0 Å². The Morgan fingerprint density at radius 3 is 1.95 bits per heavy atom. The second-order valence-corrected chi connectivity index (χ2v) is 15.8. The number of nitrogens with zero attached hydrogens (tertiary/aromatic N) is 4. The Morgan fingerprint density at radius 1 is 0.754 bits per heavy atom. The van der Waals surface area contributed by atoms with Gasteiger partial charge in [-0.3, -0.25) is 9.78 Å². The summed E-state index contributed by atoms with van der Waals surface area (Å²) >= 11 is 0. The van der Waals surface area contributed by atoms with Gasteiger partial charge in [0.1, 0.15) is 22.7 Å². The molecule has 1 fully saturated rings. The Labute approximate surface area is 332 Å². The van der Waals surface area contributed by atoms with Crippen LogP contribution in [0.5, 0.6) is 0 Å². The molecule has 7 aromatic rings. The Kier molecular flexibility index (Phi) is 10.3. The average molecular weight is 757 g/mol. The zero-order chi connectivity index (χ0) is 39.6. The molecule has 2 aromatic heterocycles. The van der Waals surface area contributed by atoms with E-state index in [2.05, 4.69) is 82.5 Å². The lowest BCUT2D eigenvalue weighted by Gasteiger charge is -2.39. The molecule has 0 radical (unpaired) electrons. The van der Waals surface area contributed by atoms with E-state index >= 15 is 0 Å². The van der Waals surface area contributed by atoms with Crippen LogP contribution in [0.3, 0.4) is 0 Å². The number of amides is 1. The third-order valence-corrected chi connectivity index (χ3v) is 11.0. The van der Waals surface area contributed by atoms with Crippen LogP contribution in [0, 0.1) is 11.7 Å². The third-order valence-electron chi connectivity index (χ3n) is 11.0. The van der Waals surface area contributed by atoms with Gasteiger partial charge in [0.2, 0.25) is 0 Å². The molecule has 286 valence electrons. The largest absolute Gasteiger partial charge is 0.444 e. The standard InChI is InChI=1S/C49H45FN4O3/c1-48(2,3)57-47(56)53-29-26-42(35-14-13-21-41(50)30-35)37(33-53)32-45(55)36-22-23-44-43(31-36)46(34-24-27-51-28-25-34)52-54(44)49(38-15-7-4-8-16-38,39-17-9-5-10-18-39)40-19-11-6-12-20-40/h4-25,27-28,30-31,37,42H,26,29,32-33H2,1-3H3. The van der Waals surface area contributed by atoms with E-state index in [1.54, 1.807) is 29.4 Å². The lowest BCUT2D eigenvalue weighted by atomic mass is 9.77. The van der Waals surface area contributed by atoms with Gasteiger partial charge in [0.05, 0.1) is 5.52 Å². The van der Waals surface area contributed by atoms with E-state index in [1.807, 2.05) is 75.4 Å². The predicted molar refractivity (Wildman–Crippen MR) is 222 cm³/mol. The maximum absolute atomic E-state index is 14.6. The number of likely N-dealkylation sites (tertiary alicyclic amines) is 1. The topological polar surface area (TPSA) is 77.3 Å². The fourth-order valence-electron chi connectivity index (χ4n) is 8.44. The molecule has 0 spiro atoms. The van der Waals surface area contributed by atoms with Crippen LogP contribution >= 0.6 is 0 Å². The highest BCUT2D eigenvalue weighted by Gasteiger charge is 2.41. The quantitative estimate of drug-likeness (QED) is 0.108. The number of carbonyl (C=O) groups excluding carboxylic acids is 2. The van der Waals surface area contributed by atoms with Crippen molar-refractivity contribution in [2.75, 3.05) is 13.1 Å². The number of hydrogen-bond donors (Lipinski definition) is 0. The molecule has 1 aliphatic rings. The number of Topliss-reactive ketones (excluding diaryl/α,β-unsaturated/α-hetero) is 1. The van der Waals surface area contributed by atoms with Gasteiger partial charge in [0, 0.05) is 48.4 Å². The molecule has 8 rings (SSSR count). The van der Waals surface area contributed by atoms with Crippen LogP contribution in [-0.4, -0.2) is 50.2 Å². The SMILES string of the molecule is CC(C)(C)OC(=O)N1CCC(c2cccc(F)c2)C(CC(=O)c2ccc3c(c2)c(-c2ccncc2)nn3C(c2ccccc2)(c2ccccc2)c2ccccc2)C1. The number of aromatic nitrogens is 3. The number of carbonyl (C=O) groups is 2. The fourth-order valence-corrected chi connectivity index (χ4v) is 8.44. The first-order valence-corrected chi connectivity index (χ1v) is 19.5. The number of ether oxygens (including phenoxy) is 1. The maximum Gasteiger partial charge on any atom is 0.410 e. The molecule has 7 nitrogen and oxygen atoms in total. The highest BCUT2D eigenvalue weighted by Crippen LogP contribution is 2.44. The minimum atomic E-state index is -0.885. The Bertz CT molecular complexity index is 2400. The molecule has 2 unspecified atom stereocenters. The van der Waals surface area contributed by atoms with E-state index < -0.39 is 17.2 Å². The van der Waals surface area contributed by atoms with E-state index in [0.29, 0.717) is 25.1 Å². The van der Waals surface area contributed by atoms with Crippen molar-refractivity contribution < 1.29 is 18.7 Å². The van der Waals surface area contributed by atoms with Gasteiger partial charge >= 0.3 is 6.09 Å². The summed E-state index contributed by atoms with van der Waals surface area (Å²) in [7, 11) is 0. The summed E-state index contributed by atoms with van der Waals surface area (Å²) in [5, 5.41) is 6.30. The monoisotopic (exact) mass is 756 g/mol. The molecule has 0 bridgehead atoms. The van der Waals surface area contributed by atoms with Gasteiger partial charge in [0.15, 0.2) is 5.78 Å². The molecular formula is C49H45FN4O3. The van der Waals surface area contributed by atoms with Gasteiger partial charge in [-0.2, -0.15) is 5.10 Å². The Morgan fingerprint density at radius 2 is 1.37 bits per heavy atom. The van der Waals surface area contributed by atoms with Crippen LogP contribution in [0.2, 0.25) is 0 Å². The van der Waals surface area contributed by atoms with Crippen LogP contribution in [-0.2, 0) is 10.3 Å². The summed E-state index contributed by atoms with van der Waals surface area (Å²) in [6.45, 7) is 6.29. The van der Waals surface area contributed by atoms with E-state index in [9.17, 15) is 14.0 Å².